The third kappa shape index (κ3) is 1.81. The van der Waals surface area contributed by atoms with Crippen molar-refractivity contribution < 1.29 is 14.9 Å². The van der Waals surface area contributed by atoms with E-state index in [0.717, 1.165) is 37.5 Å². The molecule has 5 aliphatic carbocycles. The van der Waals surface area contributed by atoms with Gasteiger partial charge in [-0.25, -0.2) is 0 Å². The first-order valence-electron chi connectivity index (χ1n) is 11.9. The summed E-state index contributed by atoms with van der Waals surface area (Å²) in [7, 11) is 0. The van der Waals surface area contributed by atoms with Crippen molar-refractivity contribution in [3.8, 4) is 11.5 Å². The number of benzene rings is 1. The van der Waals surface area contributed by atoms with Crippen LogP contribution in [0.2, 0.25) is 0 Å². The Morgan fingerprint density at radius 2 is 2.03 bits per heavy atom. The van der Waals surface area contributed by atoms with Crippen LogP contribution in [-0.2, 0) is 11.8 Å². The van der Waals surface area contributed by atoms with Gasteiger partial charge < -0.3 is 14.9 Å². The lowest BCUT2D eigenvalue weighted by Gasteiger charge is -2.72. The van der Waals surface area contributed by atoms with E-state index in [1.165, 1.54) is 30.5 Å². The maximum Gasteiger partial charge on any atom is 0.165 e. The van der Waals surface area contributed by atoms with Gasteiger partial charge in [0.15, 0.2) is 11.5 Å². The largest absolute Gasteiger partial charge is 0.504 e. The van der Waals surface area contributed by atoms with Gasteiger partial charge in [-0.15, -0.1) is 0 Å². The Bertz CT molecular complexity index is 991. The molecule has 2 aliphatic heterocycles. The summed E-state index contributed by atoms with van der Waals surface area (Å²) in [5, 5.41) is 22.1. The van der Waals surface area contributed by atoms with E-state index in [4.69, 9.17) is 4.74 Å². The van der Waals surface area contributed by atoms with Crippen molar-refractivity contribution in [3.63, 3.8) is 0 Å². The van der Waals surface area contributed by atoms with E-state index in [2.05, 4.69) is 30.0 Å². The second-order valence-electron chi connectivity index (χ2n) is 12.0. The second-order valence-corrected chi connectivity index (χ2v) is 12.0. The normalized spacial score (nSPS) is 45.4. The molecule has 1 saturated heterocycles. The summed E-state index contributed by atoms with van der Waals surface area (Å²) in [6.45, 7) is 8.58. The molecule has 6 atom stereocenters. The molecule has 4 heteroatoms. The Hall–Kier alpha value is -1.52. The summed E-state index contributed by atoms with van der Waals surface area (Å²) < 4.78 is 6.76. The standard InChI is InChI=1S/C26H33NO3/c1-23(2,29)18-13-25-9-8-24(18,3)22-26(25)10-11-27(14-15-4-5-15)19(25)12-16-6-7-17(28)21(30-22)20(16)26/h6-9,15,18-19,22,28-29H,4-5,10-14H2,1-3H3/t18-,19-,22+,24+,25-,26+/m1/s1. The van der Waals surface area contributed by atoms with E-state index < -0.39 is 5.60 Å². The van der Waals surface area contributed by atoms with Gasteiger partial charge in [-0.3, -0.25) is 4.90 Å². The molecule has 2 spiro atoms. The minimum atomic E-state index is -0.774. The SMILES string of the molecule is CC(C)(O)[C@H]1C[C@@]23C=C[C@]1(C)[C@@H]1Oc4c(O)ccc5c4[C@@]12CCN(CC1CC1)[C@@H]3C5. The van der Waals surface area contributed by atoms with Gasteiger partial charge in [0.05, 0.1) is 5.60 Å². The van der Waals surface area contributed by atoms with Gasteiger partial charge in [-0.1, -0.05) is 25.1 Å². The molecule has 0 amide bonds. The zero-order chi connectivity index (χ0) is 20.7. The van der Waals surface area contributed by atoms with Crippen LogP contribution in [0.3, 0.4) is 0 Å². The van der Waals surface area contributed by atoms with Crippen LogP contribution < -0.4 is 4.74 Å². The van der Waals surface area contributed by atoms with E-state index in [1.807, 2.05) is 19.9 Å². The maximum atomic E-state index is 11.3. The molecular formula is C26H33NO3. The Kier molecular flexibility index (Phi) is 3.07. The third-order valence-electron chi connectivity index (χ3n) is 10.1. The first-order valence-corrected chi connectivity index (χ1v) is 11.9. The van der Waals surface area contributed by atoms with Crippen LogP contribution in [0.15, 0.2) is 24.3 Å². The van der Waals surface area contributed by atoms with E-state index in [9.17, 15) is 10.2 Å². The summed E-state index contributed by atoms with van der Waals surface area (Å²) in [5.74, 6) is 2.03. The van der Waals surface area contributed by atoms with Gasteiger partial charge in [-0.05, 0) is 70.0 Å². The number of ether oxygens (including phenoxy) is 1. The molecule has 3 fully saturated rings. The zero-order valence-electron chi connectivity index (χ0n) is 18.3. The smallest absolute Gasteiger partial charge is 0.165 e. The molecule has 0 unspecified atom stereocenters. The summed E-state index contributed by atoms with van der Waals surface area (Å²) >= 11 is 0. The summed E-state index contributed by atoms with van der Waals surface area (Å²) in [5.41, 5.74) is 1.56. The third-order valence-corrected chi connectivity index (χ3v) is 10.1. The fraction of sp³-hybridized carbons (Fsp3) is 0.692. The maximum absolute atomic E-state index is 11.3. The van der Waals surface area contributed by atoms with E-state index in [1.54, 1.807) is 0 Å². The molecule has 4 bridgehead atoms. The molecule has 1 aromatic rings. The molecule has 8 rings (SSSR count). The number of fused-ring (bicyclic) bond motifs is 1. The van der Waals surface area contributed by atoms with Crippen LogP contribution in [0.25, 0.3) is 0 Å². The molecule has 0 aromatic heterocycles. The van der Waals surface area contributed by atoms with Gasteiger partial charge in [0, 0.05) is 40.3 Å². The summed E-state index contributed by atoms with van der Waals surface area (Å²) in [6, 6.07) is 4.45. The number of phenols is 1. The predicted molar refractivity (Wildman–Crippen MR) is 115 cm³/mol. The fourth-order valence-electron chi connectivity index (χ4n) is 8.76. The molecule has 1 aromatic carbocycles. The number of hydrogen-bond acceptors (Lipinski definition) is 4. The van der Waals surface area contributed by atoms with Crippen molar-refractivity contribution >= 4 is 0 Å². The first kappa shape index (κ1) is 18.1. The highest BCUT2D eigenvalue weighted by atomic mass is 16.5. The highest BCUT2D eigenvalue weighted by Crippen LogP contribution is 2.76. The lowest BCUT2D eigenvalue weighted by atomic mass is 9.34. The van der Waals surface area contributed by atoms with Crippen LogP contribution >= 0.6 is 0 Å². The predicted octanol–water partition coefficient (Wildman–Crippen LogP) is 3.78. The number of hydrogen-bond donors (Lipinski definition) is 2. The van der Waals surface area contributed by atoms with Crippen molar-refractivity contribution in [1.29, 1.82) is 0 Å². The molecule has 160 valence electrons. The Balaban J connectivity index is 1.50. The van der Waals surface area contributed by atoms with Crippen LogP contribution in [0, 0.1) is 22.7 Å². The fourth-order valence-corrected chi connectivity index (χ4v) is 8.76. The van der Waals surface area contributed by atoms with Crippen LogP contribution in [-0.4, -0.2) is 45.9 Å². The van der Waals surface area contributed by atoms with Gasteiger partial charge in [0.25, 0.3) is 0 Å². The lowest BCUT2D eigenvalue weighted by Crippen LogP contribution is -2.77. The monoisotopic (exact) mass is 407 g/mol. The molecule has 4 nitrogen and oxygen atoms in total. The number of rotatable bonds is 3. The number of aliphatic hydroxyl groups is 1. The van der Waals surface area contributed by atoms with Gasteiger partial charge in [0.2, 0.25) is 0 Å². The van der Waals surface area contributed by atoms with Gasteiger partial charge in [-0.2, -0.15) is 0 Å². The quantitative estimate of drug-likeness (QED) is 0.749. The minimum Gasteiger partial charge on any atom is -0.504 e. The van der Waals surface area contributed by atoms with E-state index >= 15 is 0 Å². The molecule has 2 saturated carbocycles. The van der Waals surface area contributed by atoms with Crippen molar-refractivity contribution in [2.45, 2.75) is 76.0 Å². The van der Waals surface area contributed by atoms with Crippen molar-refractivity contribution in [3.05, 3.63) is 35.4 Å². The first-order chi connectivity index (χ1) is 14.2. The Labute approximate surface area is 178 Å². The molecule has 2 N–H and O–H groups in total. The van der Waals surface area contributed by atoms with Gasteiger partial charge >= 0.3 is 0 Å². The van der Waals surface area contributed by atoms with E-state index in [0.29, 0.717) is 6.04 Å². The molecule has 0 radical (unpaired) electrons. The van der Waals surface area contributed by atoms with Gasteiger partial charge in [0.1, 0.15) is 6.10 Å². The Morgan fingerprint density at radius 3 is 2.77 bits per heavy atom. The van der Waals surface area contributed by atoms with Crippen molar-refractivity contribution in [1.82, 2.24) is 4.90 Å². The molecule has 7 aliphatic rings. The Morgan fingerprint density at radius 1 is 1.23 bits per heavy atom. The van der Waals surface area contributed by atoms with Crippen LogP contribution in [0.5, 0.6) is 11.5 Å². The minimum absolute atomic E-state index is 0.0203. The molecule has 30 heavy (non-hydrogen) atoms. The number of nitrogens with zero attached hydrogens (tertiary/aromatic N) is 1. The van der Waals surface area contributed by atoms with E-state index in [-0.39, 0.29) is 34.0 Å². The summed E-state index contributed by atoms with van der Waals surface area (Å²) in [6.07, 6.45) is 10.8. The average molecular weight is 408 g/mol. The lowest BCUT2D eigenvalue weighted by molar-refractivity contribution is -0.202. The molecule has 2 heterocycles. The highest BCUT2D eigenvalue weighted by molar-refractivity contribution is 5.64. The van der Waals surface area contributed by atoms with Crippen LogP contribution in [0.1, 0.15) is 57.6 Å². The number of piperidine rings is 1. The number of aromatic hydroxyl groups is 1. The number of likely N-dealkylation sites (tertiary alicyclic amines) is 1. The average Bonchev–Trinajstić information content (AvgIpc) is 3.42. The molecular weight excluding hydrogens is 374 g/mol. The highest BCUT2D eigenvalue weighted by Gasteiger charge is 2.78. The number of phenolic OH excluding ortho intramolecular Hbond substituents is 1. The van der Waals surface area contributed by atoms with Crippen molar-refractivity contribution in [2.24, 2.45) is 22.7 Å². The van der Waals surface area contributed by atoms with Crippen molar-refractivity contribution in [2.75, 3.05) is 13.1 Å². The topological polar surface area (TPSA) is 52.9 Å². The zero-order valence-corrected chi connectivity index (χ0v) is 18.3. The second kappa shape index (κ2) is 5.10. The summed E-state index contributed by atoms with van der Waals surface area (Å²) in [4.78, 5) is 2.79. The van der Waals surface area contributed by atoms with Crippen LogP contribution in [0.4, 0.5) is 0 Å².